The van der Waals surface area contributed by atoms with Gasteiger partial charge in [-0.25, -0.2) is 4.68 Å². The molecule has 0 aliphatic heterocycles. The predicted molar refractivity (Wildman–Crippen MR) is 117 cm³/mol. The Hall–Kier alpha value is -3.72. The quantitative estimate of drug-likeness (QED) is 0.482. The van der Waals surface area contributed by atoms with Gasteiger partial charge in [0.15, 0.2) is 0 Å². The topological polar surface area (TPSA) is 98.1 Å². The van der Waals surface area contributed by atoms with Gasteiger partial charge in [0.2, 0.25) is 0 Å². The van der Waals surface area contributed by atoms with E-state index in [1.54, 1.807) is 7.11 Å². The van der Waals surface area contributed by atoms with Gasteiger partial charge in [-0.1, -0.05) is 17.3 Å². The molecule has 0 saturated carbocycles. The third kappa shape index (κ3) is 3.64. The van der Waals surface area contributed by atoms with Crippen LogP contribution in [0.5, 0.6) is 5.75 Å². The molecular formula is C22H19N5O3S. The molecule has 9 heteroatoms. The zero-order chi connectivity index (χ0) is 21.4. The van der Waals surface area contributed by atoms with Crippen molar-refractivity contribution in [3.63, 3.8) is 0 Å². The lowest BCUT2D eigenvalue weighted by Gasteiger charge is -2.16. The molecule has 2 amide bonds. The monoisotopic (exact) mass is 433 g/mol. The number of nitrogens with one attached hydrogen (secondary N) is 2. The van der Waals surface area contributed by atoms with E-state index in [1.807, 2.05) is 48.5 Å². The van der Waals surface area contributed by atoms with Crippen LogP contribution in [0.4, 0.5) is 0 Å². The molecule has 4 aromatic rings. The van der Waals surface area contributed by atoms with Crippen molar-refractivity contribution >= 4 is 34.2 Å². The molecule has 2 heterocycles. The highest BCUT2D eigenvalue weighted by atomic mass is 32.1. The van der Waals surface area contributed by atoms with Gasteiger partial charge in [0.05, 0.1) is 17.5 Å². The molecule has 0 unspecified atom stereocenters. The second kappa shape index (κ2) is 7.84. The minimum Gasteiger partial charge on any atom is -0.497 e. The van der Waals surface area contributed by atoms with E-state index in [2.05, 4.69) is 21.2 Å². The van der Waals surface area contributed by atoms with Crippen molar-refractivity contribution in [1.29, 1.82) is 0 Å². The summed E-state index contributed by atoms with van der Waals surface area (Å²) in [5.41, 5.74) is 9.92. The lowest BCUT2D eigenvalue weighted by Crippen LogP contribution is -2.43. The summed E-state index contributed by atoms with van der Waals surface area (Å²) in [6, 6.07) is 15.3. The second-order valence-electron chi connectivity index (χ2n) is 7.23. The Morgan fingerprint density at radius 3 is 2.81 bits per heavy atom. The average molecular weight is 433 g/mol. The first kappa shape index (κ1) is 19.3. The molecule has 1 aliphatic carbocycles. The lowest BCUT2D eigenvalue weighted by atomic mass is 9.91. The minimum absolute atomic E-state index is 0.0447. The van der Waals surface area contributed by atoms with Gasteiger partial charge < -0.3 is 4.74 Å². The van der Waals surface area contributed by atoms with Gasteiger partial charge in [-0.3, -0.25) is 20.4 Å². The molecule has 8 nitrogen and oxygen atoms in total. The molecule has 0 saturated heterocycles. The highest BCUT2D eigenvalue weighted by Gasteiger charge is 2.22. The van der Waals surface area contributed by atoms with Crippen LogP contribution < -0.4 is 15.6 Å². The fraction of sp³-hybridized carbons (Fsp3) is 0.182. The van der Waals surface area contributed by atoms with Crippen molar-refractivity contribution in [1.82, 2.24) is 25.8 Å². The highest BCUT2D eigenvalue weighted by molar-refractivity contribution is 7.17. The summed E-state index contributed by atoms with van der Waals surface area (Å²) in [5.74, 6) is 0.105. The number of thiophene rings is 1. The van der Waals surface area contributed by atoms with Crippen molar-refractivity contribution in [3.8, 4) is 16.2 Å². The van der Waals surface area contributed by atoms with Crippen LogP contribution in [-0.4, -0.2) is 33.9 Å². The Balaban J connectivity index is 1.26. The molecule has 0 radical (unpaired) electrons. The van der Waals surface area contributed by atoms with Crippen molar-refractivity contribution in [2.24, 2.45) is 0 Å². The van der Waals surface area contributed by atoms with Gasteiger partial charge in [0, 0.05) is 4.88 Å². The summed E-state index contributed by atoms with van der Waals surface area (Å²) < 4.78 is 6.81. The van der Waals surface area contributed by atoms with Crippen LogP contribution in [0.3, 0.4) is 0 Å². The number of hydrogen-bond acceptors (Lipinski definition) is 6. The van der Waals surface area contributed by atoms with Crippen LogP contribution >= 0.6 is 11.3 Å². The van der Waals surface area contributed by atoms with Crippen molar-refractivity contribution < 1.29 is 14.3 Å². The molecule has 156 valence electrons. The molecule has 0 bridgehead atoms. The minimum atomic E-state index is -0.386. The van der Waals surface area contributed by atoms with E-state index in [-0.39, 0.29) is 18.4 Å². The Bertz CT molecular complexity index is 1310. The van der Waals surface area contributed by atoms with Crippen LogP contribution in [0.15, 0.2) is 48.5 Å². The van der Waals surface area contributed by atoms with Crippen LogP contribution in [0, 0.1) is 0 Å². The molecule has 2 aromatic carbocycles. The van der Waals surface area contributed by atoms with E-state index < -0.39 is 0 Å². The number of fused-ring (bicyclic) bond motifs is 4. The zero-order valence-corrected chi connectivity index (χ0v) is 17.5. The lowest BCUT2D eigenvalue weighted by molar-refractivity contribution is -0.122. The van der Waals surface area contributed by atoms with Crippen molar-refractivity contribution in [2.75, 3.05) is 7.11 Å². The number of benzene rings is 2. The van der Waals surface area contributed by atoms with Crippen LogP contribution in [-0.2, 0) is 24.2 Å². The summed E-state index contributed by atoms with van der Waals surface area (Å²) in [6.07, 6.45) is 1.77. The number of hydrogen-bond donors (Lipinski definition) is 2. The van der Waals surface area contributed by atoms with Crippen molar-refractivity contribution in [3.05, 3.63) is 64.5 Å². The largest absolute Gasteiger partial charge is 0.497 e. The SMILES string of the molecule is COc1ccc2c(c1)CCc1cc(C(=O)NNC(=O)Cn3nnc4ccccc43)sc1-2. The van der Waals surface area contributed by atoms with E-state index in [9.17, 15) is 9.59 Å². The number of ether oxygens (including phenoxy) is 1. The summed E-state index contributed by atoms with van der Waals surface area (Å²) in [5, 5.41) is 8.00. The van der Waals surface area contributed by atoms with Gasteiger partial charge >= 0.3 is 0 Å². The number of rotatable bonds is 4. The fourth-order valence-electron chi connectivity index (χ4n) is 3.75. The normalized spacial score (nSPS) is 12.2. The number of aromatic nitrogens is 3. The molecule has 31 heavy (non-hydrogen) atoms. The van der Waals surface area contributed by atoms with E-state index in [0.717, 1.165) is 40.1 Å². The summed E-state index contributed by atoms with van der Waals surface area (Å²) in [7, 11) is 1.66. The maximum Gasteiger partial charge on any atom is 0.279 e. The van der Waals surface area contributed by atoms with Gasteiger partial charge in [-0.15, -0.1) is 16.4 Å². The predicted octanol–water partition coefficient (Wildman–Crippen LogP) is 2.73. The fourth-order valence-corrected chi connectivity index (χ4v) is 4.91. The maximum absolute atomic E-state index is 12.6. The zero-order valence-electron chi connectivity index (χ0n) is 16.7. The molecule has 2 aromatic heterocycles. The summed E-state index contributed by atoms with van der Waals surface area (Å²) >= 11 is 1.43. The summed E-state index contributed by atoms with van der Waals surface area (Å²) in [4.78, 5) is 26.6. The molecular weight excluding hydrogens is 414 g/mol. The molecule has 1 aliphatic rings. The first-order valence-electron chi connectivity index (χ1n) is 9.80. The van der Waals surface area contributed by atoms with E-state index in [4.69, 9.17) is 4.74 Å². The standard InChI is InChI=1S/C22H19N5O3S/c1-30-15-8-9-16-13(10-15)6-7-14-11-19(31-21(14)16)22(29)25-24-20(28)12-27-18-5-3-2-4-17(18)23-26-27/h2-5,8-11H,6-7,12H2,1H3,(H,24,28)(H,25,29). The molecule has 0 atom stereocenters. The van der Waals surface area contributed by atoms with Gasteiger partial charge in [-0.05, 0) is 65.9 Å². The Kier molecular flexibility index (Phi) is 4.87. The van der Waals surface area contributed by atoms with E-state index in [1.165, 1.54) is 21.6 Å². The number of nitrogens with zero attached hydrogens (tertiary/aromatic N) is 3. The smallest absolute Gasteiger partial charge is 0.279 e. The van der Waals surface area contributed by atoms with Crippen LogP contribution in [0.2, 0.25) is 0 Å². The third-order valence-electron chi connectivity index (χ3n) is 5.28. The Morgan fingerprint density at radius 1 is 1.10 bits per heavy atom. The number of aryl methyl sites for hydroxylation is 2. The van der Waals surface area contributed by atoms with E-state index in [0.29, 0.717) is 10.4 Å². The van der Waals surface area contributed by atoms with Crippen LogP contribution in [0.25, 0.3) is 21.5 Å². The Labute approximate surface area is 181 Å². The highest BCUT2D eigenvalue weighted by Crippen LogP contribution is 2.40. The Morgan fingerprint density at radius 2 is 1.94 bits per heavy atom. The average Bonchev–Trinajstić information content (AvgIpc) is 3.42. The number of carbonyl (C=O) groups excluding carboxylic acids is 2. The van der Waals surface area contributed by atoms with Gasteiger partial charge in [-0.2, -0.15) is 0 Å². The van der Waals surface area contributed by atoms with Crippen molar-refractivity contribution in [2.45, 2.75) is 19.4 Å². The number of carbonyl (C=O) groups is 2. The van der Waals surface area contributed by atoms with Crippen LogP contribution in [0.1, 0.15) is 20.8 Å². The third-order valence-corrected chi connectivity index (χ3v) is 6.49. The van der Waals surface area contributed by atoms with Gasteiger partial charge in [0.25, 0.3) is 11.8 Å². The number of methoxy groups -OCH3 is 1. The molecule has 2 N–H and O–H groups in total. The number of para-hydroxylation sites is 1. The second-order valence-corrected chi connectivity index (χ2v) is 8.28. The van der Waals surface area contributed by atoms with E-state index >= 15 is 0 Å². The first-order valence-corrected chi connectivity index (χ1v) is 10.6. The molecule has 0 spiro atoms. The summed E-state index contributed by atoms with van der Waals surface area (Å²) in [6.45, 7) is -0.0447. The molecule has 5 rings (SSSR count). The first-order chi connectivity index (χ1) is 15.1. The maximum atomic E-state index is 12.6. The van der Waals surface area contributed by atoms with Gasteiger partial charge in [0.1, 0.15) is 17.8 Å². The number of amides is 2. The molecule has 0 fully saturated rings. The number of hydrazine groups is 1.